The molecular weight excluding hydrogens is 262 g/mol. The summed E-state index contributed by atoms with van der Waals surface area (Å²) in [5.74, 6) is -0.995. The summed E-state index contributed by atoms with van der Waals surface area (Å²) in [5.41, 5.74) is -0.149. The average molecular weight is 279 g/mol. The fraction of sp³-hybridized carbons (Fsp3) is 0.538. The first-order valence-electron chi connectivity index (χ1n) is 5.81. The number of hydrogen-bond acceptors (Lipinski definition) is 2. The molecule has 0 aliphatic carbocycles. The highest BCUT2D eigenvalue weighted by atomic mass is 19.4. The van der Waals surface area contributed by atoms with E-state index in [0.717, 1.165) is 18.2 Å². The molecule has 1 aromatic rings. The van der Waals surface area contributed by atoms with Gasteiger partial charge in [-0.25, -0.2) is 4.39 Å². The number of ether oxygens (including phenoxy) is 1. The summed E-state index contributed by atoms with van der Waals surface area (Å²) in [6.07, 6.45) is -4.78. The third-order valence-electron chi connectivity index (χ3n) is 2.32. The van der Waals surface area contributed by atoms with Gasteiger partial charge in [0.25, 0.3) is 0 Å². The van der Waals surface area contributed by atoms with E-state index in [9.17, 15) is 17.6 Å². The Kier molecular flexibility index (Phi) is 4.45. The first-order chi connectivity index (χ1) is 8.48. The molecular formula is C13H17F4NO. The van der Waals surface area contributed by atoms with E-state index < -0.39 is 24.0 Å². The zero-order chi connectivity index (χ0) is 14.8. The SMILES string of the molecule is C[C@@H](NC(C)(C)C)c1cc(OC(F)(F)F)ccc1F. The average Bonchev–Trinajstić information content (AvgIpc) is 2.16. The molecule has 0 aliphatic rings. The van der Waals surface area contributed by atoms with Crippen LogP contribution in [0.4, 0.5) is 17.6 Å². The van der Waals surface area contributed by atoms with Crippen LogP contribution in [0.5, 0.6) is 5.75 Å². The summed E-state index contributed by atoms with van der Waals surface area (Å²) in [4.78, 5) is 0. The summed E-state index contributed by atoms with van der Waals surface area (Å²) in [6.45, 7) is 7.34. The van der Waals surface area contributed by atoms with Gasteiger partial charge in [-0.1, -0.05) is 0 Å². The molecule has 0 spiro atoms. The van der Waals surface area contributed by atoms with Crippen LogP contribution < -0.4 is 10.1 Å². The Morgan fingerprint density at radius 1 is 1.16 bits per heavy atom. The third kappa shape index (κ3) is 5.46. The molecule has 0 radical (unpaired) electrons. The Hall–Kier alpha value is -1.30. The van der Waals surface area contributed by atoms with Crippen LogP contribution >= 0.6 is 0 Å². The van der Waals surface area contributed by atoms with Crippen LogP contribution in [0.2, 0.25) is 0 Å². The van der Waals surface area contributed by atoms with E-state index in [4.69, 9.17) is 0 Å². The van der Waals surface area contributed by atoms with Gasteiger partial charge in [-0.15, -0.1) is 13.2 Å². The van der Waals surface area contributed by atoms with Crippen molar-refractivity contribution in [1.29, 1.82) is 0 Å². The Morgan fingerprint density at radius 2 is 1.74 bits per heavy atom. The lowest BCUT2D eigenvalue weighted by atomic mass is 10.0. The zero-order valence-corrected chi connectivity index (χ0v) is 11.2. The van der Waals surface area contributed by atoms with Gasteiger partial charge in [0.05, 0.1) is 0 Å². The standard InChI is InChI=1S/C13H17F4NO/c1-8(18-12(2,3)4)10-7-9(5-6-11(10)14)19-13(15,16)17/h5-8,18H,1-4H3/t8-/m1/s1. The molecule has 0 aliphatic heterocycles. The largest absolute Gasteiger partial charge is 0.573 e. The number of alkyl halides is 3. The van der Waals surface area contributed by atoms with E-state index in [-0.39, 0.29) is 11.1 Å². The number of halogens is 4. The van der Waals surface area contributed by atoms with Crippen LogP contribution in [0.1, 0.15) is 39.3 Å². The van der Waals surface area contributed by atoms with Gasteiger partial charge in [0, 0.05) is 17.1 Å². The van der Waals surface area contributed by atoms with Crippen LogP contribution in [0.25, 0.3) is 0 Å². The van der Waals surface area contributed by atoms with Gasteiger partial charge in [-0.3, -0.25) is 0 Å². The Morgan fingerprint density at radius 3 is 2.21 bits per heavy atom. The van der Waals surface area contributed by atoms with Crippen molar-refractivity contribution < 1.29 is 22.3 Å². The van der Waals surface area contributed by atoms with Gasteiger partial charge < -0.3 is 10.1 Å². The van der Waals surface area contributed by atoms with E-state index in [1.54, 1.807) is 6.92 Å². The van der Waals surface area contributed by atoms with Crippen molar-refractivity contribution in [2.24, 2.45) is 0 Å². The summed E-state index contributed by atoms with van der Waals surface area (Å²) < 4.78 is 53.8. The second-order valence-corrected chi connectivity index (χ2v) is 5.35. The molecule has 1 N–H and O–H groups in total. The third-order valence-corrected chi connectivity index (χ3v) is 2.32. The summed E-state index contributed by atoms with van der Waals surface area (Å²) in [6, 6.07) is 2.55. The van der Waals surface area contributed by atoms with Crippen LogP contribution in [0, 0.1) is 5.82 Å². The van der Waals surface area contributed by atoms with Crippen LogP contribution in [-0.2, 0) is 0 Å². The maximum Gasteiger partial charge on any atom is 0.573 e. The van der Waals surface area contributed by atoms with E-state index >= 15 is 0 Å². The molecule has 1 atom stereocenters. The topological polar surface area (TPSA) is 21.3 Å². The van der Waals surface area contributed by atoms with Crippen molar-refractivity contribution in [3.05, 3.63) is 29.6 Å². The van der Waals surface area contributed by atoms with E-state index in [0.29, 0.717) is 0 Å². The number of nitrogens with one attached hydrogen (secondary N) is 1. The lowest BCUT2D eigenvalue weighted by Crippen LogP contribution is -2.38. The minimum Gasteiger partial charge on any atom is -0.406 e. The van der Waals surface area contributed by atoms with Crippen LogP contribution in [0.15, 0.2) is 18.2 Å². The van der Waals surface area contributed by atoms with Gasteiger partial charge in [0.1, 0.15) is 11.6 Å². The van der Waals surface area contributed by atoms with Gasteiger partial charge in [-0.2, -0.15) is 0 Å². The lowest BCUT2D eigenvalue weighted by Gasteiger charge is -2.26. The predicted octanol–water partition coefficient (Wildman–Crippen LogP) is 4.17. The monoisotopic (exact) mass is 279 g/mol. The van der Waals surface area contributed by atoms with Crippen molar-refractivity contribution in [2.45, 2.75) is 45.6 Å². The Bertz CT molecular complexity index is 437. The molecule has 108 valence electrons. The number of rotatable bonds is 3. The van der Waals surface area contributed by atoms with Crippen LogP contribution in [0.3, 0.4) is 0 Å². The molecule has 19 heavy (non-hydrogen) atoms. The first-order valence-corrected chi connectivity index (χ1v) is 5.81. The minimum absolute atomic E-state index is 0.136. The highest BCUT2D eigenvalue weighted by Crippen LogP contribution is 2.28. The minimum atomic E-state index is -4.78. The Balaban J connectivity index is 2.97. The summed E-state index contributed by atoms with van der Waals surface area (Å²) in [7, 11) is 0. The molecule has 1 aromatic carbocycles. The van der Waals surface area contributed by atoms with E-state index in [1.807, 2.05) is 20.8 Å². The molecule has 2 nitrogen and oxygen atoms in total. The highest BCUT2D eigenvalue weighted by Gasteiger charge is 2.31. The molecule has 0 bridgehead atoms. The van der Waals surface area contributed by atoms with E-state index in [2.05, 4.69) is 10.1 Å². The van der Waals surface area contributed by atoms with Crippen molar-refractivity contribution in [1.82, 2.24) is 5.32 Å². The molecule has 1 rings (SSSR count). The van der Waals surface area contributed by atoms with Gasteiger partial charge in [-0.05, 0) is 45.9 Å². The highest BCUT2D eigenvalue weighted by molar-refractivity contribution is 5.32. The molecule has 0 heterocycles. The fourth-order valence-electron chi connectivity index (χ4n) is 1.78. The van der Waals surface area contributed by atoms with Gasteiger partial charge in [0.15, 0.2) is 0 Å². The number of benzene rings is 1. The maximum absolute atomic E-state index is 13.7. The normalized spacial score (nSPS) is 14.3. The molecule has 0 aromatic heterocycles. The van der Waals surface area contributed by atoms with Crippen molar-refractivity contribution in [2.75, 3.05) is 0 Å². The van der Waals surface area contributed by atoms with Gasteiger partial charge in [0.2, 0.25) is 0 Å². The smallest absolute Gasteiger partial charge is 0.406 e. The molecule has 0 unspecified atom stereocenters. The quantitative estimate of drug-likeness (QED) is 0.838. The van der Waals surface area contributed by atoms with Crippen molar-refractivity contribution >= 4 is 0 Å². The predicted molar refractivity (Wildman–Crippen MR) is 64.4 cm³/mol. The molecule has 0 fully saturated rings. The zero-order valence-electron chi connectivity index (χ0n) is 11.2. The fourth-order valence-corrected chi connectivity index (χ4v) is 1.78. The second kappa shape index (κ2) is 5.36. The van der Waals surface area contributed by atoms with E-state index in [1.165, 1.54) is 0 Å². The number of hydrogen-bond donors (Lipinski definition) is 1. The first kappa shape index (κ1) is 15.8. The molecule has 6 heteroatoms. The summed E-state index contributed by atoms with van der Waals surface area (Å²) in [5, 5.41) is 3.09. The molecule has 0 saturated carbocycles. The second-order valence-electron chi connectivity index (χ2n) is 5.35. The van der Waals surface area contributed by atoms with Gasteiger partial charge >= 0.3 is 6.36 Å². The molecule has 0 saturated heterocycles. The maximum atomic E-state index is 13.7. The Labute approximate surface area is 109 Å². The van der Waals surface area contributed by atoms with Crippen molar-refractivity contribution in [3.63, 3.8) is 0 Å². The summed E-state index contributed by atoms with van der Waals surface area (Å²) >= 11 is 0. The van der Waals surface area contributed by atoms with Crippen molar-refractivity contribution in [3.8, 4) is 5.75 Å². The lowest BCUT2D eigenvalue weighted by molar-refractivity contribution is -0.274. The molecule has 0 amide bonds. The van der Waals surface area contributed by atoms with Crippen LogP contribution in [-0.4, -0.2) is 11.9 Å².